The highest BCUT2D eigenvalue weighted by atomic mass is 32.1. The third kappa shape index (κ3) is 2.19. The molecule has 2 aliphatic rings. The predicted molar refractivity (Wildman–Crippen MR) is 84.3 cm³/mol. The Bertz CT molecular complexity index is 610. The van der Waals surface area contributed by atoms with Crippen LogP contribution in [0.25, 0.3) is 10.6 Å². The van der Waals surface area contributed by atoms with Gasteiger partial charge in [-0.1, -0.05) is 24.3 Å². The molecule has 4 rings (SSSR count). The van der Waals surface area contributed by atoms with Gasteiger partial charge < -0.3 is 5.32 Å². The molecule has 1 unspecified atom stereocenters. The third-order valence-electron chi connectivity index (χ3n) is 4.51. The average Bonchev–Trinajstić information content (AvgIpc) is 3.25. The molecule has 1 aromatic carbocycles. The van der Waals surface area contributed by atoms with Crippen LogP contribution in [0.3, 0.4) is 0 Å². The zero-order valence-electron chi connectivity index (χ0n) is 11.9. The molecule has 0 amide bonds. The molecule has 1 heterocycles. The Hall–Kier alpha value is -1.19. The van der Waals surface area contributed by atoms with Crippen LogP contribution >= 0.6 is 11.3 Å². The smallest absolute Gasteiger partial charge is 0.123 e. The van der Waals surface area contributed by atoms with Crippen molar-refractivity contribution in [1.82, 2.24) is 10.3 Å². The van der Waals surface area contributed by atoms with E-state index in [0.717, 1.165) is 5.92 Å². The van der Waals surface area contributed by atoms with E-state index in [-0.39, 0.29) is 0 Å². The van der Waals surface area contributed by atoms with Crippen LogP contribution < -0.4 is 5.32 Å². The molecular weight excluding hydrogens is 264 g/mol. The molecule has 0 saturated heterocycles. The Morgan fingerprint density at radius 3 is 2.65 bits per heavy atom. The molecule has 1 saturated carbocycles. The summed E-state index contributed by atoms with van der Waals surface area (Å²) < 4.78 is 0. The zero-order chi connectivity index (χ0) is 13.5. The fourth-order valence-electron chi connectivity index (χ4n) is 3.14. The van der Waals surface area contributed by atoms with E-state index in [1.807, 2.05) is 18.4 Å². The molecule has 2 aromatic rings. The molecular formula is C17H20N2S. The van der Waals surface area contributed by atoms with E-state index in [1.54, 1.807) is 0 Å². The number of benzene rings is 1. The first-order chi connectivity index (χ1) is 9.85. The summed E-state index contributed by atoms with van der Waals surface area (Å²) in [5.74, 6) is 0.835. The fourth-order valence-corrected chi connectivity index (χ4v) is 4.31. The van der Waals surface area contributed by atoms with Crippen LogP contribution in [-0.4, -0.2) is 12.0 Å². The van der Waals surface area contributed by atoms with Crippen molar-refractivity contribution in [2.75, 3.05) is 7.05 Å². The van der Waals surface area contributed by atoms with Gasteiger partial charge in [0.05, 0.1) is 11.7 Å². The molecule has 3 heteroatoms. The van der Waals surface area contributed by atoms with Crippen LogP contribution in [0, 0.1) is 0 Å². The summed E-state index contributed by atoms with van der Waals surface area (Å²) >= 11 is 1.89. The maximum atomic E-state index is 4.92. The van der Waals surface area contributed by atoms with E-state index in [0.29, 0.717) is 6.04 Å². The summed E-state index contributed by atoms with van der Waals surface area (Å²) in [4.78, 5) is 6.40. The number of nitrogens with one attached hydrogen (secondary N) is 1. The molecule has 0 spiro atoms. The highest BCUT2D eigenvalue weighted by Crippen LogP contribution is 2.41. The Balaban J connectivity index is 1.66. The van der Waals surface area contributed by atoms with E-state index in [1.165, 1.54) is 58.8 Å². The second-order valence-electron chi connectivity index (χ2n) is 5.96. The molecule has 2 aliphatic carbocycles. The van der Waals surface area contributed by atoms with Crippen molar-refractivity contribution >= 4 is 11.3 Å². The summed E-state index contributed by atoms with van der Waals surface area (Å²) in [7, 11) is 2.04. The summed E-state index contributed by atoms with van der Waals surface area (Å²) in [6.07, 6.45) is 6.43. The lowest BCUT2D eigenvalue weighted by Crippen LogP contribution is -2.21. The van der Waals surface area contributed by atoms with Crippen molar-refractivity contribution in [2.45, 2.75) is 44.1 Å². The molecule has 0 aliphatic heterocycles. The quantitative estimate of drug-likeness (QED) is 0.909. The largest absolute Gasteiger partial charge is 0.312 e. The average molecular weight is 284 g/mol. The van der Waals surface area contributed by atoms with Crippen LogP contribution in [-0.2, 0) is 6.42 Å². The van der Waals surface area contributed by atoms with Gasteiger partial charge in [-0.3, -0.25) is 0 Å². The molecule has 104 valence electrons. The zero-order valence-corrected chi connectivity index (χ0v) is 12.7. The van der Waals surface area contributed by atoms with E-state index < -0.39 is 0 Å². The fraction of sp³-hybridized carbons (Fsp3) is 0.471. The van der Waals surface area contributed by atoms with Crippen molar-refractivity contribution in [1.29, 1.82) is 0 Å². The second-order valence-corrected chi connectivity index (χ2v) is 7.04. The Kier molecular flexibility index (Phi) is 3.12. The van der Waals surface area contributed by atoms with Crippen LogP contribution in [0.2, 0.25) is 0 Å². The van der Waals surface area contributed by atoms with Crippen molar-refractivity contribution in [3.8, 4) is 10.6 Å². The minimum atomic E-state index is 0.453. The van der Waals surface area contributed by atoms with Crippen LogP contribution in [0.4, 0.5) is 0 Å². The molecule has 0 bridgehead atoms. The number of hydrogen-bond donors (Lipinski definition) is 1. The Morgan fingerprint density at radius 1 is 1.15 bits per heavy atom. The van der Waals surface area contributed by atoms with Gasteiger partial charge in [0.15, 0.2) is 0 Å². The van der Waals surface area contributed by atoms with E-state index in [4.69, 9.17) is 4.98 Å². The number of thiazole rings is 1. The summed E-state index contributed by atoms with van der Waals surface area (Å²) in [6.45, 7) is 0. The topological polar surface area (TPSA) is 24.9 Å². The van der Waals surface area contributed by atoms with Gasteiger partial charge in [-0.15, -0.1) is 11.3 Å². The maximum absolute atomic E-state index is 4.92. The van der Waals surface area contributed by atoms with Crippen molar-refractivity contribution < 1.29 is 0 Å². The van der Waals surface area contributed by atoms with Crippen LogP contribution in [0.15, 0.2) is 24.3 Å². The SMILES string of the molecule is CNC1CCCc2sc(-c3ccc(C4CC4)cc3)nc21. The minimum absolute atomic E-state index is 0.453. The number of aromatic nitrogens is 1. The van der Waals surface area contributed by atoms with Gasteiger partial charge in [-0.05, 0) is 50.6 Å². The van der Waals surface area contributed by atoms with Crippen molar-refractivity contribution in [2.24, 2.45) is 0 Å². The Labute approximate surface area is 124 Å². The monoisotopic (exact) mass is 284 g/mol. The lowest BCUT2D eigenvalue weighted by atomic mass is 9.98. The summed E-state index contributed by atoms with van der Waals surface area (Å²) in [5.41, 5.74) is 4.08. The van der Waals surface area contributed by atoms with Gasteiger partial charge >= 0.3 is 0 Å². The van der Waals surface area contributed by atoms with Gasteiger partial charge in [0, 0.05) is 10.4 Å². The molecule has 1 N–H and O–H groups in total. The first kappa shape index (κ1) is 12.5. The first-order valence-electron chi connectivity index (χ1n) is 7.62. The molecule has 20 heavy (non-hydrogen) atoms. The highest BCUT2D eigenvalue weighted by molar-refractivity contribution is 7.15. The maximum Gasteiger partial charge on any atom is 0.123 e. The van der Waals surface area contributed by atoms with Crippen LogP contribution in [0.1, 0.15) is 53.8 Å². The number of rotatable bonds is 3. The number of fused-ring (bicyclic) bond motifs is 1. The highest BCUT2D eigenvalue weighted by Gasteiger charge is 2.25. The standard InChI is InChI=1S/C17H20N2S/c1-18-14-3-2-4-15-16(14)19-17(20-15)13-9-7-12(8-10-13)11-5-6-11/h7-11,14,18H,2-6H2,1H3. The second kappa shape index (κ2) is 4.97. The van der Waals surface area contributed by atoms with Gasteiger partial charge in [0.2, 0.25) is 0 Å². The molecule has 1 aromatic heterocycles. The first-order valence-corrected chi connectivity index (χ1v) is 8.44. The number of nitrogens with zero attached hydrogens (tertiary/aromatic N) is 1. The summed E-state index contributed by atoms with van der Waals surface area (Å²) in [6, 6.07) is 9.55. The minimum Gasteiger partial charge on any atom is -0.312 e. The van der Waals surface area contributed by atoms with E-state index >= 15 is 0 Å². The van der Waals surface area contributed by atoms with Gasteiger partial charge in [-0.25, -0.2) is 4.98 Å². The van der Waals surface area contributed by atoms with Crippen LogP contribution in [0.5, 0.6) is 0 Å². The number of hydrogen-bond acceptors (Lipinski definition) is 3. The molecule has 1 atom stereocenters. The number of aryl methyl sites for hydroxylation is 1. The lowest BCUT2D eigenvalue weighted by molar-refractivity contribution is 0.490. The lowest BCUT2D eigenvalue weighted by Gasteiger charge is -2.19. The van der Waals surface area contributed by atoms with E-state index in [9.17, 15) is 0 Å². The molecule has 2 nitrogen and oxygen atoms in total. The van der Waals surface area contributed by atoms with Gasteiger partial charge in [-0.2, -0.15) is 0 Å². The summed E-state index contributed by atoms with van der Waals surface area (Å²) in [5, 5.41) is 4.60. The third-order valence-corrected chi connectivity index (χ3v) is 5.69. The van der Waals surface area contributed by atoms with E-state index in [2.05, 4.69) is 29.6 Å². The van der Waals surface area contributed by atoms with Gasteiger partial charge in [0.1, 0.15) is 5.01 Å². The van der Waals surface area contributed by atoms with Crippen molar-refractivity contribution in [3.63, 3.8) is 0 Å². The normalized spacial score (nSPS) is 21.8. The predicted octanol–water partition coefficient (Wildman–Crippen LogP) is 4.28. The molecule has 1 fully saturated rings. The van der Waals surface area contributed by atoms with Gasteiger partial charge in [0.25, 0.3) is 0 Å². The molecule has 0 radical (unpaired) electrons. The van der Waals surface area contributed by atoms with Crippen molar-refractivity contribution in [3.05, 3.63) is 40.4 Å². The Morgan fingerprint density at radius 2 is 1.95 bits per heavy atom.